The Kier molecular flexibility index (Phi) is 6.08. The van der Waals surface area contributed by atoms with E-state index in [-0.39, 0.29) is 12.1 Å². The molecule has 0 aromatic heterocycles. The quantitative estimate of drug-likeness (QED) is 0.627. The summed E-state index contributed by atoms with van der Waals surface area (Å²) < 4.78 is 32.7. The molecular formula is C16H24F2N2O. The fourth-order valence-corrected chi connectivity index (χ4v) is 3.35. The summed E-state index contributed by atoms with van der Waals surface area (Å²) in [7, 11) is 1.66. The Morgan fingerprint density at radius 2 is 2.00 bits per heavy atom. The average molecular weight is 298 g/mol. The Morgan fingerprint density at radius 3 is 2.62 bits per heavy atom. The first-order valence-electron chi connectivity index (χ1n) is 7.58. The predicted molar refractivity (Wildman–Crippen MR) is 78.5 cm³/mol. The van der Waals surface area contributed by atoms with Gasteiger partial charge in [-0.3, -0.25) is 11.3 Å². The van der Waals surface area contributed by atoms with Crippen LogP contribution < -0.4 is 11.3 Å². The van der Waals surface area contributed by atoms with Gasteiger partial charge in [0.15, 0.2) is 0 Å². The molecular weight excluding hydrogens is 274 g/mol. The fraction of sp³-hybridized carbons (Fsp3) is 0.625. The molecule has 3 N–H and O–H groups in total. The minimum atomic E-state index is -0.436. The maximum atomic E-state index is 13.8. The molecule has 3 nitrogen and oxygen atoms in total. The fourth-order valence-electron chi connectivity index (χ4n) is 3.35. The summed E-state index contributed by atoms with van der Waals surface area (Å²) in [4.78, 5) is 0. The Labute approximate surface area is 124 Å². The van der Waals surface area contributed by atoms with E-state index in [0.717, 1.165) is 25.0 Å². The monoisotopic (exact) mass is 298 g/mol. The summed E-state index contributed by atoms with van der Waals surface area (Å²) in [5.41, 5.74) is 3.06. The molecule has 0 bridgehead atoms. The van der Waals surface area contributed by atoms with Gasteiger partial charge in [0, 0.05) is 7.11 Å². The number of methoxy groups -OCH3 is 1. The van der Waals surface area contributed by atoms with Crippen molar-refractivity contribution >= 4 is 0 Å². The molecule has 1 fully saturated rings. The van der Waals surface area contributed by atoms with Crippen molar-refractivity contribution in [2.24, 2.45) is 11.8 Å². The van der Waals surface area contributed by atoms with E-state index in [0.29, 0.717) is 17.9 Å². The molecule has 0 radical (unpaired) electrons. The molecule has 0 heterocycles. The van der Waals surface area contributed by atoms with E-state index in [1.807, 2.05) is 0 Å². The molecule has 118 valence electrons. The zero-order valence-corrected chi connectivity index (χ0v) is 12.4. The number of benzene rings is 1. The van der Waals surface area contributed by atoms with Gasteiger partial charge in [0.05, 0.1) is 12.1 Å². The van der Waals surface area contributed by atoms with Crippen molar-refractivity contribution in [3.8, 4) is 0 Å². The highest BCUT2D eigenvalue weighted by Gasteiger charge is 2.30. The van der Waals surface area contributed by atoms with Crippen molar-refractivity contribution in [3.05, 3.63) is 35.4 Å². The second-order valence-electron chi connectivity index (χ2n) is 5.81. The summed E-state index contributed by atoms with van der Waals surface area (Å²) in [6, 6.07) is 3.28. The van der Waals surface area contributed by atoms with E-state index in [2.05, 4.69) is 5.43 Å². The summed E-state index contributed by atoms with van der Waals surface area (Å²) in [5, 5.41) is 0. The van der Waals surface area contributed by atoms with Gasteiger partial charge < -0.3 is 4.74 Å². The molecule has 2 atom stereocenters. The van der Waals surface area contributed by atoms with Gasteiger partial charge in [-0.2, -0.15) is 0 Å². The molecule has 1 aliphatic rings. The van der Waals surface area contributed by atoms with E-state index in [1.165, 1.54) is 25.3 Å². The maximum absolute atomic E-state index is 13.8. The normalized spacial score (nSPS) is 19.4. The van der Waals surface area contributed by atoms with Gasteiger partial charge in [0.2, 0.25) is 0 Å². The lowest BCUT2D eigenvalue weighted by atomic mass is 9.81. The lowest BCUT2D eigenvalue weighted by molar-refractivity contribution is 0.00808. The number of hydrazine groups is 1. The van der Waals surface area contributed by atoms with Crippen LogP contribution in [0.3, 0.4) is 0 Å². The van der Waals surface area contributed by atoms with Crippen LogP contribution in [0.5, 0.6) is 0 Å². The van der Waals surface area contributed by atoms with Crippen molar-refractivity contribution in [1.82, 2.24) is 5.43 Å². The van der Waals surface area contributed by atoms with Crippen LogP contribution in [0.15, 0.2) is 18.2 Å². The molecule has 1 aromatic rings. The van der Waals surface area contributed by atoms with Crippen molar-refractivity contribution in [2.45, 2.75) is 50.7 Å². The van der Waals surface area contributed by atoms with Crippen LogP contribution in [0.25, 0.3) is 0 Å². The standard InChI is InChI=1S/C16H24F2N2O/c1-21-16(11-5-3-2-4-6-11)15(20-19)10-12-9-13(17)7-8-14(12)18/h7-9,11,15-16,20H,2-6,10,19H2,1H3. The molecule has 0 amide bonds. The van der Waals surface area contributed by atoms with Crippen LogP contribution >= 0.6 is 0 Å². The summed E-state index contributed by atoms with van der Waals surface area (Å²) in [6.45, 7) is 0. The van der Waals surface area contributed by atoms with E-state index < -0.39 is 11.6 Å². The SMILES string of the molecule is COC(C1CCCCC1)C(Cc1cc(F)ccc1F)NN. The minimum absolute atomic E-state index is 0.0852. The summed E-state index contributed by atoms with van der Waals surface area (Å²) >= 11 is 0. The highest BCUT2D eigenvalue weighted by atomic mass is 19.1. The molecule has 2 rings (SSSR count). The third-order valence-electron chi connectivity index (χ3n) is 4.44. The van der Waals surface area contributed by atoms with E-state index >= 15 is 0 Å². The molecule has 0 spiro atoms. The van der Waals surface area contributed by atoms with Gasteiger partial charge in [0.1, 0.15) is 11.6 Å². The Hall–Kier alpha value is -1.04. The van der Waals surface area contributed by atoms with Crippen LogP contribution in [0.2, 0.25) is 0 Å². The molecule has 1 saturated carbocycles. The van der Waals surface area contributed by atoms with Gasteiger partial charge in [-0.05, 0) is 48.9 Å². The second-order valence-corrected chi connectivity index (χ2v) is 5.81. The number of nitrogens with one attached hydrogen (secondary N) is 1. The minimum Gasteiger partial charge on any atom is -0.379 e. The van der Waals surface area contributed by atoms with Crippen LogP contribution in [0, 0.1) is 17.6 Å². The lowest BCUT2D eigenvalue weighted by Crippen LogP contribution is -2.50. The maximum Gasteiger partial charge on any atom is 0.126 e. The number of nitrogens with two attached hydrogens (primary N) is 1. The predicted octanol–water partition coefficient (Wildman–Crippen LogP) is 2.93. The zero-order chi connectivity index (χ0) is 15.2. The molecule has 2 unspecified atom stereocenters. The molecule has 1 aromatic carbocycles. The van der Waals surface area contributed by atoms with Crippen LogP contribution in [0.4, 0.5) is 8.78 Å². The van der Waals surface area contributed by atoms with Gasteiger partial charge >= 0.3 is 0 Å². The second kappa shape index (κ2) is 7.82. The van der Waals surface area contributed by atoms with Gasteiger partial charge in [-0.1, -0.05) is 19.3 Å². The topological polar surface area (TPSA) is 47.3 Å². The first-order chi connectivity index (χ1) is 10.2. The van der Waals surface area contributed by atoms with Crippen molar-refractivity contribution < 1.29 is 13.5 Å². The Morgan fingerprint density at radius 1 is 1.29 bits per heavy atom. The first-order valence-corrected chi connectivity index (χ1v) is 7.58. The lowest BCUT2D eigenvalue weighted by Gasteiger charge is -2.34. The summed E-state index contributed by atoms with van der Waals surface area (Å²) in [6.07, 6.45) is 6.07. The number of rotatable bonds is 6. The van der Waals surface area contributed by atoms with Crippen molar-refractivity contribution in [3.63, 3.8) is 0 Å². The molecule has 1 aliphatic carbocycles. The first kappa shape index (κ1) is 16.3. The van der Waals surface area contributed by atoms with Crippen LogP contribution in [-0.4, -0.2) is 19.3 Å². The van der Waals surface area contributed by atoms with E-state index in [4.69, 9.17) is 10.6 Å². The van der Waals surface area contributed by atoms with Crippen LogP contribution in [-0.2, 0) is 11.2 Å². The van der Waals surface area contributed by atoms with Gasteiger partial charge in [0.25, 0.3) is 0 Å². The van der Waals surface area contributed by atoms with E-state index in [9.17, 15) is 8.78 Å². The van der Waals surface area contributed by atoms with Crippen LogP contribution in [0.1, 0.15) is 37.7 Å². The molecule has 21 heavy (non-hydrogen) atoms. The number of hydrogen-bond acceptors (Lipinski definition) is 3. The van der Waals surface area contributed by atoms with Gasteiger partial charge in [-0.15, -0.1) is 0 Å². The highest BCUT2D eigenvalue weighted by molar-refractivity contribution is 5.20. The summed E-state index contributed by atoms with van der Waals surface area (Å²) in [5.74, 6) is 5.22. The number of hydrogen-bond donors (Lipinski definition) is 2. The molecule has 0 aliphatic heterocycles. The number of ether oxygens (including phenoxy) is 1. The van der Waals surface area contributed by atoms with Crippen molar-refractivity contribution in [2.75, 3.05) is 7.11 Å². The number of halogens is 2. The van der Waals surface area contributed by atoms with Gasteiger partial charge in [-0.25, -0.2) is 8.78 Å². The molecule has 5 heteroatoms. The Balaban J connectivity index is 2.11. The zero-order valence-electron chi connectivity index (χ0n) is 12.4. The van der Waals surface area contributed by atoms with Crippen molar-refractivity contribution in [1.29, 1.82) is 0 Å². The smallest absolute Gasteiger partial charge is 0.126 e. The largest absolute Gasteiger partial charge is 0.379 e. The third kappa shape index (κ3) is 4.22. The molecule has 0 saturated heterocycles. The Bertz CT molecular complexity index is 450. The average Bonchev–Trinajstić information content (AvgIpc) is 2.51. The highest BCUT2D eigenvalue weighted by Crippen LogP contribution is 2.30. The van der Waals surface area contributed by atoms with E-state index in [1.54, 1.807) is 7.11 Å². The third-order valence-corrected chi connectivity index (χ3v) is 4.44.